The molecular formula is C25H40NO6S-. The number of nitrogens with one attached hydrogen (secondary N) is 1. The van der Waals surface area contributed by atoms with E-state index in [0.29, 0.717) is 6.61 Å². The summed E-state index contributed by atoms with van der Waals surface area (Å²) in [6.45, 7) is 2.99. The molecule has 1 N–H and O–H groups in total. The Morgan fingerprint density at radius 1 is 1.06 bits per heavy atom. The highest BCUT2D eigenvalue weighted by molar-refractivity contribution is 7.85. The lowest BCUT2D eigenvalue weighted by Crippen LogP contribution is -2.28. The molecule has 0 saturated carbocycles. The van der Waals surface area contributed by atoms with E-state index in [-0.39, 0.29) is 19.1 Å². The molecule has 188 valence electrons. The lowest BCUT2D eigenvalue weighted by atomic mass is 9.99. The second-order valence-corrected chi connectivity index (χ2v) is 10.4. The number of carbonyl (C=O) groups excluding carboxylic acids is 1. The second kappa shape index (κ2) is 15.2. The summed E-state index contributed by atoms with van der Waals surface area (Å²) in [5.74, 6) is 0.389. The standard InChI is InChI=1S/C25H41NO6S/c1-2-3-4-5-6-7-8-9-10-11-13-24(21-14-15-23-22(20-21)16-18-31-23)32-25(27)26-17-12-19-33(28,29)30/h14-15,20,24H,2-13,16-19H2,1H3,(H,26,27)(H,28,29,30)/p-1. The monoisotopic (exact) mass is 482 g/mol. The molecule has 33 heavy (non-hydrogen) atoms. The van der Waals surface area contributed by atoms with Gasteiger partial charge in [-0.3, -0.25) is 0 Å². The smallest absolute Gasteiger partial charge is 0.407 e. The van der Waals surface area contributed by atoms with Gasteiger partial charge in [-0.25, -0.2) is 13.2 Å². The third-order valence-corrected chi connectivity index (χ3v) is 6.78. The van der Waals surface area contributed by atoms with Gasteiger partial charge in [-0.15, -0.1) is 0 Å². The lowest BCUT2D eigenvalue weighted by Gasteiger charge is -2.19. The van der Waals surface area contributed by atoms with Gasteiger partial charge in [-0.2, -0.15) is 0 Å². The van der Waals surface area contributed by atoms with E-state index < -0.39 is 22.0 Å². The molecule has 7 nitrogen and oxygen atoms in total. The number of benzene rings is 1. The van der Waals surface area contributed by atoms with Crippen molar-refractivity contribution in [1.29, 1.82) is 0 Å². The van der Waals surface area contributed by atoms with Gasteiger partial charge < -0.3 is 19.3 Å². The average molecular weight is 483 g/mol. The number of fused-ring (bicyclic) bond motifs is 1. The van der Waals surface area contributed by atoms with E-state index in [2.05, 4.69) is 18.3 Å². The first-order valence-corrected chi connectivity index (χ1v) is 14.1. The zero-order chi connectivity index (χ0) is 23.9. The van der Waals surface area contributed by atoms with E-state index >= 15 is 0 Å². The number of carbonyl (C=O) groups is 1. The van der Waals surface area contributed by atoms with Crippen molar-refractivity contribution in [2.24, 2.45) is 0 Å². The highest BCUT2D eigenvalue weighted by atomic mass is 32.2. The van der Waals surface area contributed by atoms with Crippen molar-refractivity contribution in [3.8, 4) is 5.75 Å². The SMILES string of the molecule is CCCCCCCCCCCCC(OC(=O)NCCCS(=O)(=O)[O-])c1ccc2c(c1)CCO2. The van der Waals surface area contributed by atoms with Crippen molar-refractivity contribution in [3.63, 3.8) is 0 Å². The Hall–Kier alpha value is -1.80. The molecule has 8 heteroatoms. The number of alkyl carbamates (subject to hydrolysis) is 1. The highest BCUT2D eigenvalue weighted by Crippen LogP contribution is 2.31. The average Bonchev–Trinajstić information content (AvgIpc) is 3.24. The third-order valence-electron chi connectivity index (χ3n) is 5.99. The first-order chi connectivity index (χ1) is 15.9. The molecule has 0 spiro atoms. The Balaban J connectivity index is 1.77. The van der Waals surface area contributed by atoms with Crippen LogP contribution in [0, 0.1) is 0 Å². The fourth-order valence-electron chi connectivity index (χ4n) is 4.13. The van der Waals surface area contributed by atoms with Crippen LogP contribution in [0.5, 0.6) is 5.75 Å². The molecule has 1 aromatic rings. The predicted molar refractivity (Wildman–Crippen MR) is 129 cm³/mol. The minimum Gasteiger partial charge on any atom is -0.748 e. The van der Waals surface area contributed by atoms with Gasteiger partial charge >= 0.3 is 6.09 Å². The van der Waals surface area contributed by atoms with Gasteiger partial charge in [-0.05, 0) is 42.5 Å². The predicted octanol–water partition coefficient (Wildman–Crippen LogP) is 5.64. The molecule has 1 unspecified atom stereocenters. The molecule has 1 aliphatic rings. The van der Waals surface area contributed by atoms with Crippen molar-refractivity contribution in [2.75, 3.05) is 18.9 Å². The van der Waals surface area contributed by atoms with Crippen LogP contribution in [0.3, 0.4) is 0 Å². The van der Waals surface area contributed by atoms with E-state index in [4.69, 9.17) is 9.47 Å². The topological polar surface area (TPSA) is 105 Å². The lowest BCUT2D eigenvalue weighted by molar-refractivity contribution is 0.0907. The van der Waals surface area contributed by atoms with E-state index in [0.717, 1.165) is 42.6 Å². The fraction of sp³-hybridized carbons (Fsp3) is 0.720. The summed E-state index contributed by atoms with van der Waals surface area (Å²) in [7, 11) is -4.28. The highest BCUT2D eigenvalue weighted by Gasteiger charge is 2.20. The van der Waals surface area contributed by atoms with Gasteiger partial charge in [0.05, 0.1) is 16.7 Å². The number of hydrogen-bond acceptors (Lipinski definition) is 6. The first-order valence-electron chi connectivity index (χ1n) is 12.5. The maximum absolute atomic E-state index is 12.3. The molecule has 1 amide bonds. The fourth-order valence-corrected chi connectivity index (χ4v) is 4.63. The zero-order valence-electron chi connectivity index (χ0n) is 20.0. The maximum atomic E-state index is 12.3. The summed E-state index contributed by atoms with van der Waals surface area (Å²) < 4.78 is 43.4. The van der Waals surface area contributed by atoms with E-state index in [1.807, 2.05) is 12.1 Å². The summed E-state index contributed by atoms with van der Waals surface area (Å²) in [6, 6.07) is 5.94. The maximum Gasteiger partial charge on any atom is 0.407 e. The molecule has 0 aromatic heterocycles. The van der Waals surface area contributed by atoms with Crippen LogP contribution in [-0.2, 0) is 21.3 Å². The van der Waals surface area contributed by atoms with Crippen molar-refractivity contribution in [2.45, 2.75) is 96.5 Å². The summed E-state index contributed by atoms with van der Waals surface area (Å²) >= 11 is 0. The number of hydrogen-bond donors (Lipinski definition) is 1. The first kappa shape index (κ1) is 27.4. The van der Waals surface area contributed by atoms with Gasteiger partial charge in [0.25, 0.3) is 0 Å². The van der Waals surface area contributed by atoms with Crippen LogP contribution in [0.15, 0.2) is 18.2 Å². The van der Waals surface area contributed by atoms with Crippen molar-refractivity contribution in [3.05, 3.63) is 29.3 Å². The largest absolute Gasteiger partial charge is 0.748 e. The molecule has 0 fully saturated rings. The van der Waals surface area contributed by atoms with Crippen LogP contribution in [0.25, 0.3) is 0 Å². The summed E-state index contributed by atoms with van der Waals surface area (Å²) in [5.41, 5.74) is 2.08. The minimum atomic E-state index is -4.28. The summed E-state index contributed by atoms with van der Waals surface area (Å²) in [6.07, 6.45) is 13.1. The summed E-state index contributed by atoms with van der Waals surface area (Å²) in [5, 5.41) is 2.56. The molecule has 1 aromatic carbocycles. The Labute approximate surface area is 199 Å². The number of amides is 1. The van der Waals surface area contributed by atoms with E-state index in [1.165, 1.54) is 51.4 Å². The van der Waals surface area contributed by atoms with Gasteiger partial charge in [0.1, 0.15) is 11.9 Å². The van der Waals surface area contributed by atoms with E-state index in [1.54, 1.807) is 0 Å². The van der Waals surface area contributed by atoms with Crippen LogP contribution in [0.1, 0.15) is 101 Å². The van der Waals surface area contributed by atoms with Gasteiger partial charge in [0.2, 0.25) is 0 Å². The molecule has 0 radical (unpaired) electrons. The van der Waals surface area contributed by atoms with Gasteiger partial charge in [-0.1, -0.05) is 70.8 Å². The molecule has 1 heterocycles. The van der Waals surface area contributed by atoms with Crippen molar-refractivity contribution in [1.82, 2.24) is 5.32 Å². The Bertz CT molecular complexity index is 811. The Kier molecular flexibility index (Phi) is 12.6. The minimum absolute atomic E-state index is 0.0697. The third kappa shape index (κ3) is 11.8. The summed E-state index contributed by atoms with van der Waals surface area (Å²) in [4.78, 5) is 12.3. The van der Waals surface area contributed by atoms with Gasteiger partial charge in [0, 0.05) is 18.7 Å². The second-order valence-electron chi connectivity index (χ2n) is 8.87. The van der Waals surface area contributed by atoms with Crippen LogP contribution >= 0.6 is 0 Å². The zero-order valence-corrected chi connectivity index (χ0v) is 20.8. The molecule has 1 atom stereocenters. The molecule has 0 bridgehead atoms. The Morgan fingerprint density at radius 3 is 2.39 bits per heavy atom. The molecule has 2 rings (SSSR count). The number of ether oxygens (including phenoxy) is 2. The molecular weight excluding hydrogens is 442 g/mol. The Morgan fingerprint density at radius 2 is 1.73 bits per heavy atom. The van der Waals surface area contributed by atoms with Crippen LogP contribution in [0.4, 0.5) is 4.79 Å². The molecule has 0 aliphatic carbocycles. The van der Waals surface area contributed by atoms with Crippen LogP contribution < -0.4 is 10.1 Å². The molecule has 1 aliphatic heterocycles. The van der Waals surface area contributed by atoms with Crippen molar-refractivity contribution < 1.29 is 27.2 Å². The van der Waals surface area contributed by atoms with Crippen LogP contribution in [0.2, 0.25) is 0 Å². The van der Waals surface area contributed by atoms with Crippen LogP contribution in [-0.4, -0.2) is 38.0 Å². The van der Waals surface area contributed by atoms with Crippen molar-refractivity contribution >= 4 is 16.2 Å². The molecule has 0 saturated heterocycles. The number of unbranched alkanes of at least 4 members (excludes halogenated alkanes) is 9. The van der Waals surface area contributed by atoms with E-state index in [9.17, 15) is 17.8 Å². The quantitative estimate of drug-likeness (QED) is 0.228. The van der Waals surface area contributed by atoms with Gasteiger partial charge in [0.15, 0.2) is 0 Å². The number of rotatable bonds is 17. The normalized spacial score (nSPS) is 13.9.